The average molecular weight is 268 g/mol. The first-order valence-electron chi connectivity index (χ1n) is 6.72. The predicted molar refractivity (Wildman–Crippen MR) is 84.2 cm³/mol. The molecule has 0 aromatic heterocycles. The molecule has 0 aliphatic heterocycles. The summed E-state index contributed by atoms with van der Waals surface area (Å²) in [6, 6.07) is 13.9. The van der Waals surface area contributed by atoms with E-state index >= 15 is 0 Å². The van der Waals surface area contributed by atoms with E-state index in [1.165, 1.54) is 11.1 Å². The first-order chi connectivity index (χ1) is 9.54. The second-order valence-electron chi connectivity index (χ2n) is 5.09. The van der Waals surface area contributed by atoms with Gasteiger partial charge < -0.3 is 10.6 Å². The molecule has 0 radical (unpaired) electrons. The summed E-state index contributed by atoms with van der Waals surface area (Å²) in [6.07, 6.45) is 0. The van der Waals surface area contributed by atoms with E-state index in [1.807, 2.05) is 57.2 Å². The summed E-state index contributed by atoms with van der Waals surface area (Å²) in [5.41, 5.74) is 5.27. The summed E-state index contributed by atoms with van der Waals surface area (Å²) in [4.78, 5) is 11.9. The van der Waals surface area contributed by atoms with Crippen molar-refractivity contribution in [1.82, 2.24) is 0 Å². The van der Waals surface area contributed by atoms with Crippen molar-refractivity contribution < 1.29 is 4.79 Å². The highest BCUT2D eigenvalue weighted by molar-refractivity contribution is 5.94. The van der Waals surface area contributed by atoms with Gasteiger partial charge in [0.2, 0.25) is 5.91 Å². The molecule has 0 spiro atoms. The van der Waals surface area contributed by atoms with Gasteiger partial charge in [-0.05, 0) is 55.7 Å². The second-order valence-corrected chi connectivity index (χ2v) is 5.09. The van der Waals surface area contributed by atoms with Crippen molar-refractivity contribution >= 4 is 17.3 Å². The number of carbonyl (C=O) groups is 1. The van der Waals surface area contributed by atoms with Crippen LogP contribution in [0.5, 0.6) is 0 Å². The van der Waals surface area contributed by atoms with Gasteiger partial charge in [0.15, 0.2) is 0 Å². The zero-order chi connectivity index (χ0) is 14.5. The van der Waals surface area contributed by atoms with Crippen molar-refractivity contribution in [3.63, 3.8) is 0 Å². The Morgan fingerprint density at radius 3 is 2.30 bits per heavy atom. The van der Waals surface area contributed by atoms with Crippen LogP contribution in [0.3, 0.4) is 0 Å². The summed E-state index contributed by atoms with van der Waals surface area (Å²) in [5.74, 6) is -0.0431. The van der Waals surface area contributed by atoms with Crippen molar-refractivity contribution in [1.29, 1.82) is 0 Å². The maximum Gasteiger partial charge on any atom is 0.243 e. The number of para-hydroxylation sites is 1. The molecule has 0 saturated carbocycles. The molecule has 0 unspecified atom stereocenters. The van der Waals surface area contributed by atoms with Gasteiger partial charge in [-0.25, -0.2) is 0 Å². The Labute approximate surface area is 120 Å². The number of nitrogens with one attached hydrogen (secondary N) is 2. The molecule has 0 saturated heterocycles. The lowest BCUT2D eigenvalue weighted by Gasteiger charge is -2.10. The lowest BCUT2D eigenvalue weighted by Crippen LogP contribution is -2.22. The van der Waals surface area contributed by atoms with Crippen molar-refractivity contribution in [2.24, 2.45) is 0 Å². The fourth-order valence-electron chi connectivity index (χ4n) is 2.17. The monoisotopic (exact) mass is 268 g/mol. The zero-order valence-corrected chi connectivity index (χ0v) is 12.2. The molecular weight excluding hydrogens is 248 g/mol. The molecular formula is C17H20N2O. The molecule has 0 aliphatic rings. The Morgan fingerprint density at radius 2 is 1.65 bits per heavy atom. The SMILES string of the molecule is Cc1cc(C)cc(NCC(=O)Nc2ccccc2C)c1. The normalized spacial score (nSPS) is 10.2. The van der Waals surface area contributed by atoms with Crippen LogP contribution in [0.25, 0.3) is 0 Å². The fourth-order valence-corrected chi connectivity index (χ4v) is 2.17. The molecule has 0 bridgehead atoms. The fraction of sp³-hybridized carbons (Fsp3) is 0.235. The molecule has 2 aromatic carbocycles. The van der Waals surface area contributed by atoms with Gasteiger partial charge in [-0.15, -0.1) is 0 Å². The first kappa shape index (κ1) is 14.1. The standard InChI is InChI=1S/C17H20N2O/c1-12-8-13(2)10-15(9-12)18-11-17(20)19-16-7-5-4-6-14(16)3/h4-10,18H,11H2,1-3H3,(H,19,20). The van der Waals surface area contributed by atoms with Crippen LogP contribution in [-0.4, -0.2) is 12.5 Å². The van der Waals surface area contributed by atoms with Gasteiger partial charge >= 0.3 is 0 Å². The van der Waals surface area contributed by atoms with Gasteiger partial charge in [-0.3, -0.25) is 4.79 Å². The van der Waals surface area contributed by atoms with Gasteiger partial charge in [0.25, 0.3) is 0 Å². The number of anilines is 2. The van der Waals surface area contributed by atoms with Crippen LogP contribution in [0, 0.1) is 20.8 Å². The third-order valence-electron chi connectivity index (χ3n) is 3.09. The van der Waals surface area contributed by atoms with Crippen molar-refractivity contribution in [3.05, 3.63) is 59.2 Å². The maximum atomic E-state index is 11.9. The molecule has 20 heavy (non-hydrogen) atoms. The van der Waals surface area contributed by atoms with Crippen LogP contribution in [0.1, 0.15) is 16.7 Å². The number of aryl methyl sites for hydroxylation is 3. The summed E-state index contributed by atoms with van der Waals surface area (Å²) < 4.78 is 0. The van der Waals surface area contributed by atoms with Crippen LogP contribution >= 0.6 is 0 Å². The van der Waals surface area contributed by atoms with Gasteiger partial charge in [-0.2, -0.15) is 0 Å². The van der Waals surface area contributed by atoms with Crippen LogP contribution in [-0.2, 0) is 4.79 Å². The molecule has 3 nitrogen and oxygen atoms in total. The van der Waals surface area contributed by atoms with Gasteiger partial charge in [0.05, 0.1) is 6.54 Å². The summed E-state index contributed by atoms with van der Waals surface area (Å²) >= 11 is 0. The molecule has 104 valence electrons. The third-order valence-corrected chi connectivity index (χ3v) is 3.09. The molecule has 0 atom stereocenters. The minimum atomic E-state index is -0.0431. The van der Waals surface area contributed by atoms with Crippen molar-refractivity contribution in [2.75, 3.05) is 17.2 Å². The highest BCUT2D eigenvalue weighted by Crippen LogP contribution is 2.15. The van der Waals surface area contributed by atoms with Gasteiger partial charge in [-0.1, -0.05) is 24.3 Å². The van der Waals surface area contributed by atoms with E-state index in [9.17, 15) is 4.79 Å². The largest absolute Gasteiger partial charge is 0.376 e. The van der Waals surface area contributed by atoms with Crippen LogP contribution < -0.4 is 10.6 Å². The number of rotatable bonds is 4. The molecule has 0 fully saturated rings. The average Bonchev–Trinajstić information content (AvgIpc) is 2.38. The molecule has 0 aliphatic carbocycles. The number of carbonyl (C=O) groups excluding carboxylic acids is 1. The summed E-state index contributed by atoms with van der Waals surface area (Å²) in [5, 5.41) is 6.06. The summed E-state index contributed by atoms with van der Waals surface area (Å²) in [7, 11) is 0. The molecule has 2 aromatic rings. The Kier molecular flexibility index (Phi) is 4.41. The first-order valence-corrected chi connectivity index (χ1v) is 6.72. The van der Waals surface area contributed by atoms with Crippen LogP contribution in [0.4, 0.5) is 11.4 Å². The Bertz CT molecular complexity index is 600. The van der Waals surface area contributed by atoms with Gasteiger partial charge in [0.1, 0.15) is 0 Å². The van der Waals surface area contributed by atoms with Crippen LogP contribution in [0.2, 0.25) is 0 Å². The third kappa shape index (κ3) is 3.85. The Hall–Kier alpha value is -2.29. The van der Waals surface area contributed by atoms with E-state index in [1.54, 1.807) is 0 Å². The molecule has 0 heterocycles. The Morgan fingerprint density at radius 1 is 1.00 bits per heavy atom. The molecule has 2 N–H and O–H groups in total. The highest BCUT2D eigenvalue weighted by atomic mass is 16.1. The highest BCUT2D eigenvalue weighted by Gasteiger charge is 2.04. The number of hydrogen-bond acceptors (Lipinski definition) is 2. The number of benzene rings is 2. The number of amides is 1. The predicted octanol–water partition coefficient (Wildman–Crippen LogP) is 3.66. The molecule has 1 amide bonds. The van der Waals surface area contributed by atoms with E-state index in [-0.39, 0.29) is 12.5 Å². The van der Waals surface area contributed by atoms with Crippen molar-refractivity contribution in [3.8, 4) is 0 Å². The minimum absolute atomic E-state index is 0.0431. The lowest BCUT2D eigenvalue weighted by atomic mass is 10.1. The lowest BCUT2D eigenvalue weighted by molar-refractivity contribution is -0.114. The van der Waals surface area contributed by atoms with E-state index in [4.69, 9.17) is 0 Å². The zero-order valence-electron chi connectivity index (χ0n) is 12.2. The number of hydrogen-bond donors (Lipinski definition) is 2. The van der Waals surface area contributed by atoms with E-state index in [0.717, 1.165) is 16.9 Å². The van der Waals surface area contributed by atoms with Crippen molar-refractivity contribution in [2.45, 2.75) is 20.8 Å². The Balaban J connectivity index is 1.94. The second kappa shape index (κ2) is 6.24. The van der Waals surface area contributed by atoms with E-state index < -0.39 is 0 Å². The smallest absolute Gasteiger partial charge is 0.243 e. The topological polar surface area (TPSA) is 41.1 Å². The summed E-state index contributed by atoms with van der Waals surface area (Å²) in [6.45, 7) is 6.33. The van der Waals surface area contributed by atoms with E-state index in [2.05, 4.69) is 16.7 Å². The minimum Gasteiger partial charge on any atom is -0.376 e. The maximum absolute atomic E-state index is 11.9. The molecule has 3 heteroatoms. The quantitative estimate of drug-likeness (QED) is 0.888. The van der Waals surface area contributed by atoms with Crippen LogP contribution in [0.15, 0.2) is 42.5 Å². The van der Waals surface area contributed by atoms with Gasteiger partial charge in [0, 0.05) is 11.4 Å². The molecule has 2 rings (SSSR count). The van der Waals surface area contributed by atoms with E-state index in [0.29, 0.717) is 0 Å².